The van der Waals surface area contributed by atoms with Gasteiger partial charge in [0.1, 0.15) is 0 Å². The van der Waals surface area contributed by atoms with Gasteiger partial charge in [0, 0.05) is 0 Å². The molecule has 0 aromatic carbocycles. The van der Waals surface area contributed by atoms with Crippen molar-refractivity contribution in [1.82, 2.24) is 0 Å². The lowest BCUT2D eigenvalue weighted by Gasteiger charge is -1.95. The maximum absolute atomic E-state index is 3.75. The largest absolute Gasteiger partial charge is 0.0985 e. The number of hydrogen-bond donors (Lipinski definition) is 0. The van der Waals surface area contributed by atoms with Crippen molar-refractivity contribution in [2.24, 2.45) is 0 Å². The van der Waals surface area contributed by atoms with Gasteiger partial charge in [0.15, 0.2) is 0 Å². The molecule has 0 rings (SSSR count). The first-order chi connectivity index (χ1) is 5.74. The summed E-state index contributed by atoms with van der Waals surface area (Å²) in [7, 11) is 0. The van der Waals surface area contributed by atoms with Crippen LogP contribution in [0.1, 0.15) is 27.2 Å². The van der Waals surface area contributed by atoms with E-state index in [0.717, 1.165) is 6.42 Å². The average Bonchev–Trinajstić information content (AvgIpc) is 2.11. The minimum Gasteiger partial charge on any atom is -0.0985 e. The topological polar surface area (TPSA) is 0 Å². The first-order valence-corrected chi connectivity index (χ1v) is 4.37. The highest BCUT2D eigenvalue weighted by Crippen LogP contribution is 2.06. The molecule has 0 saturated carbocycles. The zero-order valence-electron chi connectivity index (χ0n) is 8.30. The second-order valence-corrected chi connectivity index (χ2v) is 2.74. The average molecular weight is 162 g/mol. The summed E-state index contributed by atoms with van der Waals surface area (Å²) in [5.74, 6) is 0. The van der Waals surface area contributed by atoms with E-state index in [1.165, 1.54) is 11.1 Å². The highest BCUT2D eigenvalue weighted by atomic mass is 13.9. The Labute approximate surface area is 76.0 Å². The summed E-state index contributed by atoms with van der Waals surface area (Å²) < 4.78 is 0. The minimum atomic E-state index is 1.10. The molecule has 0 heterocycles. The van der Waals surface area contributed by atoms with Crippen molar-refractivity contribution >= 4 is 0 Å². The van der Waals surface area contributed by atoms with Crippen molar-refractivity contribution in [3.05, 3.63) is 48.1 Å². The molecule has 0 bridgehead atoms. The summed E-state index contributed by atoms with van der Waals surface area (Å²) in [4.78, 5) is 0. The Morgan fingerprint density at radius 3 is 2.50 bits per heavy atom. The van der Waals surface area contributed by atoms with Crippen molar-refractivity contribution in [2.45, 2.75) is 27.2 Å². The van der Waals surface area contributed by atoms with Gasteiger partial charge < -0.3 is 0 Å². The standard InChI is InChI=1S/C12H18/c1-5-8-9-12(7-3)10-11(4)6-2/h5,7-10H,3,6H2,1-2,4H3/b8-5-,11-10-,12-9+. The lowest BCUT2D eigenvalue weighted by atomic mass is 10.1. The zero-order valence-corrected chi connectivity index (χ0v) is 8.30. The third-order valence-electron chi connectivity index (χ3n) is 1.69. The predicted molar refractivity (Wildman–Crippen MR) is 57.1 cm³/mol. The van der Waals surface area contributed by atoms with E-state index in [9.17, 15) is 0 Å². The molecule has 66 valence electrons. The zero-order chi connectivity index (χ0) is 9.40. The van der Waals surface area contributed by atoms with Crippen LogP contribution >= 0.6 is 0 Å². The van der Waals surface area contributed by atoms with Gasteiger partial charge in [-0.25, -0.2) is 0 Å². The smallest absolute Gasteiger partial charge is 0.0263 e. The van der Waals surface area contributed by atoms with Crippen molar-refractivity contribution in [1.29, 1.82) is 0 Å². The maximum Gasteiger partial charge on any atom is -0.0263 e. The van der Waals surface area contributed by atoms with E-state index in [0.29, 0.717) is 0 Å². The number of allylic oxidation sites excluding steroid dienone is 7. The van der Waals surface area contributed by atoms with E-state index in [-0.39, 0.29) is 0 Å². The first kappa shape index (κ1) is 11.0. The highest BCUT2D eigenvalue weighted by molar-refractivity contribution is 5.34. The van der Waals surface area contributed by atoms with Crippen LogP contribution in [0.25, 0.3) is 0 Å². The van der Waals surface area contributed by atoms with Gasteiger partial charge in [0.05, 0.1) is 0 Å². The van der Waals surface area contributed by atoms with Gasteiger partial charge in [-0.1, -0.05) is 49.5 Å². The Hall–Kier alpha value is -1.04. The Morgan fingerprint density at radius 1 is 1.42 bits per heavy atom. The molecular formula is C12H18. The van der Waals surface area contributed by atoms with E-state index in [4.69, 9.17) is 0 Å². The minimum absolute atomic E-state index is 1.10. The summed E-state index contributed by atoms with van der Waals surface area (Å²) >= 11 is 0. The van der Waals surface area contributed by atoms with Crippen LogP contribution in [0.4, 0.5) is 0 Å². The van der Waals surface area contributed by atoms with Crippen molar-refractivity contribution in [3.63, 3.8) is 0 Å². The molecule has 12 heavy (non-hydrogen) atoms. The van der Waals surface area contributed by atoms with E-state index >= 15 is 0 Å². The molecule has 0 nitrogen and oxygen atoms in total. The van der Waals surface area contributed by atoms with Gasteiger partial charge in [-0.2, -0.15) is 0 Å². The van der Waals surface area contributed by atoms with Crippen LogP contribution in [-0.4, -0.2) is 0 Å². The van der Waals surface area contributed by atoms with Gasteiger partial charge in [0.2, 0.25) is 0 Å². The molecule has 0 aromatic heterocycles. The van der Waals surface area contributed by atoms with Crippen molar-refractivity contribution < 1.29 is 0 Å². The van der Waals surface area contributed by atoms with Gasteiger partial charge in [0.25, 0.3) is 0 Å². The van der Waals surface area contributed by atoms with Crippen molar-refractivity contribution in [3.8, 4) is 0 Å². The molecule has 0 radical (unpaired) electrons. The Balaban J connectivity index is 4.46. The third kappa shape index (κ3) is 4.73. The second kappa shape index (κ2) is 6.66. The normalized spacial score (nSPS) is 13.9. The molecule has 0 unspecified atom stereocenters. The molecule has 0 aliphatic rings. The molecule has 0 N–H and O–H groups in total. The fourth-order valence-corrected chi connectivity index (χ4v) is 0.769. The molecular weight excluding hydrogens is 144 g/mol. The van der Waals surface area contributed by atoms with Crippen LogP contribution in [0.5, 0.6) is 0 Å². The van der Waals surface area contributed by atoms with Crippen LogP contribution in [0.2, 0.25) is 0 Å². The van der Waals surface area contributed by atoms with Crippen LogP contribution in [0, 0.1) is 0 Å². The molecule has 0 fully saturated rings. The Kier molecular flexibility index (Phi) is 6.08. The van der Waals surface area contributed by atoms with Gasteiger partial charge in [-0.15, -0.1) is 0 Å². The fraction of sp³-hybridized carbons (Fsp3) is 0.333. The lowest BCUT2D eigenvalue weighted by molar-refractivity contribution is 1.10. The molecule has 0 atom stereocenters. The second-order valence-electron chi connectivity index (χ2n) is 2.74. The quantitative estimate of drug-likeness (QED) is 0.547. The van der Waals surface area contributed by atoms with Crippen molar-refractivity contribution in [2.75, 3.05) is 0 Å². The monoisotopic (exact) mass is 162 g/mol. The van der Waals surface area contributed by atoms with E-state index in [2.05, 4.69) is 32.6 Å². The van der Waals surface area contributed by atoms with Crippen LogP contribution < -0.4 is 0 Å². The van der Waals surface area contributed by atoms with E-state index in [1.54, 1.807) is 0 Å². The SMILES string of the molecule is C=CC(/C=C(/C)CC)=C\C=C/C. The predicted octanol–water partition coefficient (Wildman–Crippen LogP) is 4.03. The van der Waals surface area contributed by atoms with Gasteiger partial charge >= 0.3 is 0 Å². The number of rotatable bonds is 4. The summed E-state index contributed by atoms with van der Waals surface area (Å²) in [6.07, 6.45) is 11.2. The highest BCUT2D eigenvalue weighted by Gasteiger charge is 1.85. The van der Waals surface area contributed by atoms with E-state index < -0.39 is 0 Å². The molecule has 0 aliphatic carbocycles. The Bertz CT molecular complexity index is 214. The lowest BCUT2D eigenvalue weighted by Crippen LogP contribution is -1.75. The summed E-state index contributed by atoms with van der Waals surface area (Å²) in [6.45, 7) is 10.0. The van der Waals surface area contributed by atoms with Crippen LogP contribution in [0.3, 0.4) is 0 Å². The van der Waals surface area contributed by atoms with Crippen LogP contribution in [0.15, 0.2) is 48.1 Å². The maximum atomic E-state index is 3.75. The summed E-state index contributed by atoms with van der Waals surface area (Å²) in [5.41, 5.74) is 2.55. The van der Waals surface area contributed by atoms with Gasteiger partial charge in [-0.3, -0.25) is 0 Å². The van der Waals surface area contributed by atoms with E-state index in [1.807, 2.05) is 25.2 Å². The Morgan fingerprint density at radius 2 is 2.08 bits per heavy atom. The molecule has 0 aromatic rings. The third-order valence-corrected chi connectivity index (χ3v) is 1.69. The molecule has 0 aliphatic heterocycles. The van der Waals surface area contributed by atoms with Gasteiger partial charge in [-0.05, 0) is 25.8 Å². The summed E-state index contributed by atoms with van der Waals surface area (Å²) in [5, 5.41) is 0. The number of hydrogen-bond acceptors (Lipinski definition) is 0. The molecule has 0 saturated heterocycles. The fourth-order valence-electron chi connectivity index (χ4n) is 0.769. The van der Waals surface area contributed by atoms with Crippen LogP contribution in [-0.2, 0) is 0 Å². The molecule has 0 heteroatoms. The first-order valence-electron chi connectivity index (χ1n) is 4.37. The molecule has 0 spiro atoms. The molecule has 0 amide bonds. The summed E-state index contributed by atoms with van der Waals surface area (Å²) in [6, 6.07) is 0.